The Bertz CT molecular complexity index is 436. The highest BCUT2D eigenvalue weighted by molar-refractivity contribution is 9.11. The number of amides is 2. The summed E-state index contributed by atoms with van der Waals surface area (Å²) in [6, 6.07) is -0.859. The van der Waals surface area contributed by atoms with Crippen LogP contribution >= 0.6 is 27.3 Å². The maximum absolute atomic E-state index is 11.7. The first-order valence-corrected chi connectivity index (χ1v) is 6.90. The lowest BCUT2D eigenvalue weighted by Gasteiger charge is -2.20. The van der Waals surface area contributed by atoms with Crippen LogP contribution in [0.3, 0.4) is 0 Å². The van der Waals surface area contributed by atoms with E-state index in [0.29, 0.717) is 5.13 Å². The monoisotopic (exact) mass is 335 g/mol. The van der Waals surface area contributed by atoms with Crippen molar-refractivity contribution >= 4 is 44.4 Å². The Morgan fingerprint density at radius 3 is 2.67 bits per heavy atom. The number of rotatable bonds is 5. The van der Waals surface area contributed by atoms with Gasteiger partial charge >= 0.3 is 12.0 Å². The lowest BCUT2D eigenvalue weighted by atomic mass is 10.0. The lowest BCUT2D eigenvalue weighted by molar-refractivity contribution is -0.137. The van der Waals surface area contributed by atoms with Gasteiger partial charge in [-0.25, -0.2) is 9.78 Å². The SMILES string of the molecule is CC(C)C(CC(=O)O)NC(=O)Nc1ncc(Br)s1. The number of halogens is 1. The van der Waals surface area contributed by atoms with Crippen LogP contribution in [0.25, 0.3) is 0 Å². The standard InChI is InChI=1S/C10H14BrN3O3S/c1-5(2)6(3-8(15)16)13-9(17)14-10-12-4-7(11)18-10/h4-6H,3H2,1-2H3,(H,15,16)(H2,12,13,14,17). The van der Waals surface area contributed by atoms with Crippen LogP contribution < -0.4 is 10.6 Å². The second-order valence-corrected chi connectivity index (χ2v) is 6.43. The van der Waals surface area contributed by atoms with E-state index in [4.69, 9.17) is 5.11 Å². The molecule has 18 heavy (non-hydrogen) atoms. The van der Waals surface area contributed by atoms with Crippen molar-refractivity contribution < 1.29 is 14.7 Å². The average Bonchev–Trinajstić information content (AvgIpc) is 2.62. The lowest BCUT2D eigenvalue weighted by Crippen LogP contribution is -2.42. The third kappa shape index (κ3) is 5.01. The third-order valence-corrected chi connectivity index (χ3v) is 3.61. The third-order valence-electron chi connectivity index (χ3n) is 2.21. The van der Waals surface area contributed by atoms with E-state index in [0.717, 1.165) is 3.79 Å². The van der Waals surface area contributed by atoms with Gasteiger partial charge in [0, 0.05) is 6.04 Å². The van der Waals surface area contributed by atoms with Crippen LogP contribution in [0.2, 0.25) is 0 Å². The van der Waals surface area contributed by atoms with E-state index in [-0.39, 0.29) is 12.3 Å². The van der Waals surface area contributed by atoms with Crippen molar-refractivity contribution in [3.8, 4) is 0 Å². The Labute approximate surface area is 117 Å². The fourth-order valence-electron chi connectivity index (χ4n) is 1.26. The Hall–Kier alpha value is -1.15. The topological polar surface area (TPSA) is 91.3 Å². The van der Waals surface area contributed by atoms with Gasteiger partial charge in [-0.1, -0.05) is 25.2 Å². The van der Waals surface area contributed by atoms with Crippen molar-refractivity contribution in [3.63, 3.8) is 0 Å². The Morgan fingerprint density at radius 2 is 2.22 bits per heavy atom. The number of hydrogen-bond donors (Lipinski definition) is 3. The molecule has 3 N–H and O–H groups in total. The van der Waals surface area contributed by atoms with Crippen molar-refractivity contribution in [1.82, 2.24) is 10.3 Å². The molecule has 0 aliphatic carbocycles. The van der Waals surface area contributed by atoms with Crippen LogP contribution in [0.5, 0.6) is 0 Å². The van der Waals surface area contributed by atoms with Crippen LogP contribution in [-0.4, -0.2) is 28.1 Å². The minimum atomic E-state index is -0.939. The van der Waals surface area contributed by atoms with E-state index >= 15 is 0 Å². The fourth-order valence-corrected chi connectivity index (χ4v) is 2.36. The van der Waals surface area contributed by atoms with Crippen molar-refractivity contribution in [2.24, 2.45) is 5.92 Å². The van der Waals surface area contributed by atoms with Gasteiger partial charge in [0.15, 0.2) is 5.13 Å². The van der Waals surface area contributed by atoms with E-state index in [1.165, 1.54) is 11.3 Å². The average molecular weight is 336 g/mol. The summed E-state index contributed by atoms with van der Waals surface area (Å²) in [5, 5.41) is 14.4. The predicted octanol–water partition coefficient (Wildman–Crippen LogP) is 2.53. The Balaban J connectivity index is 2.53. The van der Waals surface area contributed by atoms with Crippen molar-refractivity contribution in [2.75, 3.05) is 5.32 Å². The summed E-state index contributed by atoms with van der Waals surface area (Å²) < 4.78 is 0.809. The molecule has 8 heteroatoms. The number of hydrogen-bond acceptors (Lipinski definition) is 4. The largest absolute Gasteiger partial charge is 0.481 e. The highest BCUT2D eigenvalue weighted by Crippen LogP contribution is 2.22. The van der Waals surface area contributed by atoms with E-state index in [1.807, 2.05) is 13.8 Å². The van der Waals surface area contributed by atoms with Gasteiger partial charge in [-0.05, 0) is 21.8 Å². The number of nitrogens with zero attached hydrogens (tertiary/aromatic N) is 1. The minimum Gasteiger partial charge on any atom is -0.481 e. The molecular weight excluding hydrogens is 322 g/mol. The second kappa shape index (κ2) is 6.69. The van der Waals surface area contributed by atoms with Crippen molar-refractivity contribution in [1.29, 1.82) is 0 Å². The normalized spacial score (nSPS) is 12.2. The summed E-state index contributed by atoms with van der Waals surface area (Å²) in [7, 11) is 0. The van der Waals surface area contributed by atoms with Gasteiger partial charge in [0.05, 0.1) is 16.4 Å². The molecule has 0 spiro atoms. The highest BCUT2D eigenvalue weighted by Gasteiger charge is 2.19. The summed E-state index contributed by atoms with van der Waals surface area (Å²) in [4.78, 5) is 26.3. The number of aromatic nitrogens is 1. The minimum absolute atomic E-state index is 0.0369. The molecule has 2 amide bonds. The van der Waals surface area contributed by atoms with Crippen LogP contribution in [0, 0.1) is 5.92 Å². The quantitative estimate of drug-likeness (QED) is 0.770. The predicted molar refractivity (Wildman–Crippen MR) is 72.8 cm³/mol. The molecule has 0 bridgehead atoms. The molecule has 0 radical (unpaired) electrons. The van der Waals surface area contributed by atoms with Gasteiger partial charge < -0.3 is 10.4 Å². The Morgan fingerprint density at radius 1 is 1.56 bits per heavy atom. The molecule has 0 aromatic carbocycles. The molecule has 100 valence electrons. The number of anilines is 1. The van der Waals surface area contributed by atoms with Crippen LogP contribution in [-0.2, 0) is 4.79 Å². The number of thiazole rings is 1. The maximum Gasteiger partial charge on any atom is 0.321 e. The van der Waals surface area contributed by atoms with Gasteiger partial charge in [-0.15, -0.1) is 0 Å². The Kier molecular flexibility index (Phi) is 5.54. The van der Waals surface area contributed by atoms with Gasteiger partial charge in [-0.3, -0.25) is 10.1 Å². The van der Waals surface area contributed by atoms with E-state index in [1.54, 1.807) is 6.20 Å². The smallest absolute Gasteiger partial charge is 0.321 e. The zero-order valence-corrected chi connectivity index (χ0v) is 12.3. The zero-order chi connectivity index (χ0) is 13.7. The number of urea groups is 1. The van der Waals surface area contributed by atoms with Gasteiger partial charge in [0.25, 0.3) is 0 Å². The molecule has 0 saturated heterocycles. The van der Waals surface area contributed by atoms with Gasteiger partial charge in [0.2, 0.25) is 0 Å². The number of carboxylic acids is 1. The number of nitrogens with one attached hydrogen (secondary N) is 2. The summed E-state index contributed by atoms with van der Waals surface area (Å²) in [5.41, 5.74) is 0. The molecule has 0 aliphatic rings. The van der Waals surface area contributed by atoms with E-state index < -0.39 is 18.0 Å². The molecule has 0 fully saturated rings. The molecule has 1 heterocycles. The second-order valence-electron chi connectivity index (χ2n) is 4.02. The van der Waals surface area contributed by atoms with Crippen molar-refractivity contribution in [2.45, 2.75) is 26.3 Å². The van der Waals surface area contributed by atoms with E-state index in [2.05, 4.69) is 31.5 Å². The number of carbonyl (C=O) groups is 2. The molecule has 6 nitrogen and oxygen atoms in total. The summed E-state index contributed by atoms with van der Waals surface area (Å²) >= 11 is 4.52. The number of carbonyl (C=O) groups excluding carboxylic acids is 1. The van der Waals surface area contributed by atoms with Crippen LogP contribution in [0.15, 0.2) is 9.98 Å². The fraction of sp³-hybridized carbons (Fsp3) is 0.500. The first-order valence-electron chi connectivity index (χ1n) is 5.29. The molecule has 0 saturated carbocycles. The van der Waals surface area contributed by atoms with Crippen LogP contribution in [0.4, 0.5) is 9.93 Å². The molecule has 1 atom stereocenters. The molecule has 1 unspecified atom stereocenters. The van der Waals surface area contributed by atoms with E-state index in [9.17, 15) is 9.59 Å². The molecule has 0 aliphatic heterocycles. The summed E-state index contributed by atoms with van der Waals surface area (Å²) in [6.45, 7) is 3.71. The zero-order valence-electron chi connectivity index (χ0n) is 9.94. The molecular formula is C10H14BrN3O3S. The highest BCUT2D eigenvalue weighted by atomic mass is 79.9. The van der Waals surface area contributed by atoms with Gasteiger partial charge in [0.1, 0.15) is 0 Å². The molecule has 1 aromatic heterocycles. The summed E-state index contributed by atoms with van der Waals surface area (Å²) in [5.74, 6) is -0.902. The van der Waals surface area contributed by atoms with Crippen molar-refractivity contribution in [3.05, 3.63) is 9.98 Å². The van der Waals surface area contributed by atoms with Gasteiger partial charge in [-0.2, -0.15) is 0 Å². The summed E-state index contributed by atoms with van der Waals surface area (Å²) in [6.07, 6.45) is 1.48. The van der Waals surface area contributed by atoms with Crippen LogP contribution in [0.1, 0.15) is 20.3 Å². The molecule has 1 aromatic rings. The molecule has 1 rings (SSSR count). The first kappa shape index (κ1) is 14.9. The number of aliphatic carboxylic acids is 1. The number of carboxylic acid groups (broad SMARTS) is 1. The maximum atomic E-state index is 11.7. The first-order chi connectivity index (χ1) is 8.38.